The molecule has 1 aliphatic rings. The van der Waals surface area contributed by atoms with Crippen molar-refractivity contribution in [2.45, 2.75) is 6.54 Å². The third kappa shape index (κ3) is 3.09. The van der Waals surface area contributed by atoms with Gasteiger partial charge in [-0.25, -0.2) is 15.0 Å². The zero-order valence-corrected chi connectivity index (χ0v) is 12.7. The number of morpholine rings is 1. The van der Waals surface area contributed by atoms with Crippen LogP contribution < -0.4 is 10.2 Å². The van der Waals surface area contributed by atoms with Crippen LogP contribution in [-0.4, -0.2) is 46.2 Å². The number of aromatic amines is 1. The molecule has 1 saturated heterocycles. The third-order valence-corrected chi connectivity index (χ3v) is 3.86. The fourth-order valence-corrected chi connectivity index (χ4v) is 2.67. The molecule has 0 radical (unpaired) electrons. The molecule has 1 aliphatic heterocycles. The molecule has 1 aromatic carbocycles. The molecule has 2 aromatic heterocycles. The van der Waals surface area contributed by atoms with Crippen molar-refractivity contribution in [3.05, 3.63) is 42.5 Å². The maximum Gasteiger partial charge on any atom is 0.134 e. The highest BCUT2D eigenvalue weighted by Gasteiger charge is 2.13. The van der Waals surface area contributed by atoms with E-state index in [4.69, 9.17) is 4.74 Å². The zero-order valence-electron chi connectivity index (χ0n) is 12.7. The van der Waals surface area contributed by atoms with Crippen LogP contribution in [0.2, 0.25) is 0 Å². The summed E-state index contributed by atoms with van der Waals surface area (Å²) in [7, 11) is 0. The second-order valence-corrected chi connectivity index (χ2v) is 5.42. The molecule has 23 heavy (non-hydrogen) atoms. The van der Waals surface area contributed by atoms with Gasteiger partial charge in [0.1, 0.15) is 23.8 Å². The van der Waals surface area contributed by atoms with Gasteiger partial charge >= 0.3 is 0 Å². The molecule has 7 heteroatoms. The normalized spacial score (nSPS) is 15.0. The monoisotopic (exact) mass is 310 g/mol. The average molecular weight is 310 g/mol. The summed E-state index contributed by atoms with van der Waals surface area (Å²) in [5.41, 5.74) is 2.02. The lowest BCUT2D eigenvalue weighted by atomic mass is 10.3. The van der Waals surface area contributed by atoms with E-state index in [9.17, 15) is 0 Å². The standard InChI is InChI=1S/C16H18N6O/c1-2-4-13-12(3-1)20-15(21-13)10-17-14-9-16(19-11-18-14)22-5-7-23-8-6-22/h1-4,9,11H,5-8,10H2,(H,20,21)(H,17,18,19). The third-order valence-electron chi connectivity index (χ3n) is 3.86. The fraction of sp³-hybridized carbons (Fsp3) is 0.312. The van der Waals surface area contributed by atoms with Crippen molar-refractivity contribution in [1.82, 2.24) is 19.9 Å². The van der Waals surface area contributed by atoms with Gasteiger partial charge in [0.15, 0.2) is 0 Å². The number of H-pyrrole nitrogens is 1. The summed E-state index contributed by atoms with van der Waals surface area (Å²) >= 11 is 0. The first-order chi connectivity index (χ1) is 11.4. The molecule has 2 N–H and O–H groups in total. The van der Waals surface area contributed by atoms with E-state index < -0.39 is 0 Å². The minimum Gasteiger partial charge on any atom is -0.378 e. The van der Waals surface area contributed by atoms with Crippen molar-refractivity contribution in [3.63, 3.8) is 0 Å². The predicted molar refractivity (Wildman–Crippen MR) is 88.5 cm³/mol. The van der Waals surface area contributed by atoms with Crippen LogP contribution in [0.4, 0.5) is 11.6 Å². The number of hydrogen-bond acceptors (Lipinski definition) is 6. The SMILES string of the molecule is c1ccc2[nH]c(CNc3cc(N4CCOCC4)ncn3)nc2c1. The summed E-state index contributed by atoms with van der Waals surface area (Å²) in [5.74, 6) is 2.61. The van der Waals surface area contributed by atoms with E-state index in [1.54, 1.807) is 6.33 Å². The van der Waals surface area contributed by atoms with Crippen LogP contribution >= 0.6 is 0 Å². The minimum absolute atomic E-state index is 0.592. The van der Waals surface area contributed by atoms with E-state index in [0.717, 1.165) is 54.8 Å². The Morgan fingerprint density at radius 2 is 2.04 bits per heavy atom. The molecule has 0 bridgehead atoms. The lowest BCUT2D eigenvalue weighted by Crippen LogP contribution is -2.36. The maximum absolute atomic E-state index is 5.37. The van der Waals surface area contributed by atoms with Crippen LogP contribution in [0.25, 0.3) is 11.0 Å². The average Bonchev–Trinajstić information content (AvgIpc) is 3.04. The highest BCUT2D eigenvalue weighted by Crippen LogP contribution is 2.16. The number of benzene rings is 1. The largest absolute Gasteiger partial charge is 0.378 e. The molecule has 7 nitrogen and oxygen atoms in total. The summed E-state index contributed by atoms with van der Waals surface area (Å²) in [5, 5.41) is 3.30. The van der Waals surface area contributed by atoms with E-state index in [0.29, 0.717) is 6.54 Å². The van der Waals surface area contributed by atoms with Gasteiger partial charge in [0.05, 0.1) is 30.8 Å². The quantitative estimate of drug-likeness (QED) is 0.765. The van der Waals surface area contributed by atoms with Crippen molar-refractivity contribution < 1.29 is 4.74 Å². The molecule has 1 fully saturated rings. The van der Waals surface area contributed by atoms with Crippen LogP contribution in [0.5, 0.6) is 0 Å². The molecule has 0 saturated carbocycles. The zero-order chi connectivity index (χ0) is 15.5. The summed E-state index contributed by atoms with van der Waals surface area (Å²) in [6, 6.07) is 9.97. The van der Waals surface area contributed by atoms with Gasteiger partial charge in [-0.15, -0.1) is 0 Å². The Labute approximate surface area is 133 Å². The molecule has 118 valence electrons. The molecular formula is C16H18N6O. The van der Waals surface area contributed by atoms with E-state index in [2.05, 4.69) is 30.2 Å². The van der Waals surface area contributed by atoms with Gasteiger partial charge in [-0.3, -0.25) is 0 Å². The highest BCUT2D eigenvalue weighted by atomic mass is 16.5. The van der Waals surface area contributed by atoms with Gasteiger partial charge in [0, 0.05) is 19.2 Å². The Kier molecular flexibility index (Phi) is 3.77. The number of hydrogen-bond donors (Lipinski definition) is 2. The van der Waals surface area contributed by atoms with Crippen LogP contribution in [0.15, 0.2) is 36.7 Å². The molecule has 0 atom stereocenters. The van der Waals surface area contributed by atoms with Gasteiger partial charge in [-0.1, -0.05) is 12.1 Å². The lowest BCUT2D eigenvalue weighted by Gasteiger charge is -2.27. The van der Waals surface area contributed by atoms with E-state index in [1.165, 1.54) is 0 Å². The number of aromatic nitrogens is 4. The Hall–Kier alpha value is -2.67. The number of ether oxygens (including phenoxy) is 1. The number of nitrogens with one attached hydrogen (secondary N) is 2. The Morgan fingerprint density at radius 3 is 2.91 bits per heavy atom. The Balaban J connectivity index is 1.46. The van der Waals surface area contributed by atoms with Crippen LogP contribution in [-0.2, 0) is 11.3 Å². The first-order valence-electron chi connectivity index (χ1n) is 7.71. The van der Waals surface area contributed by atoms with Crippen molar-refractivity contribution in [1.29, 1.82) is 0 Å². The van der Waals surface area contributed by atoms with Crippen LogP contribution in [0, 0.1) is 0 Å². The van der Waals surface area contributed by atoms with Gasteiger partial charge < -0.3 is 19.9 Å². The van der Waals surface area contributed by atoms with Gasteiger partial charge in [0.2, 0.25) is 0 Å². The summed E-state index contributed by atoms with van der Waals surface area (Å²) < 4.78 is 5.37. The molecule has 0 aliphatic carbocycles. The fourth-order valence-electron chi connectivity index (χ4n) is 2.67. The Bertz CT molecular complexity index is 763. The number of nitrogens with zero attached hydrogens (tertiary/aromatic N) is 4. The summed E-state index contributed by atoms with van der Waals surface area (Å²) in [6.07, 6.45) is 1.59. The minimum atomic E-state index is 0.592. The van der Waals surface area contributed by atoms with Gasteiger partial charge in [-0.2, -0.15) is 0 Å². The van der Waals surface area contributed by atoms with Gasteiger partial charge in [0.25, 0.3) is 0 Å². The summed E-state index contributed by atoms with van der Waals surface area (Å²) in [6.45, 7) is 3.80. The smallest absolute Gasteiger partial charge is 0.134 e. The molecular weight excluding hydrogens is 292 g/mol. The van der Waals surface area contributed by atoms with E-state index in [1.807, 2.05) is 30.3 Å². The lowest BCUT2D eigenvalue weighted by molar-refractivity contribution is 0.122. The predicted octanol–water partition coefficient (Wildman–Crippen LogP) is 1.80. The first kappa shape index (κ1) is 14.0. The second kappa shape index (κ2) is 6.21. The number of fused-ring (bicyclic) bond motifs is 1. The van der Waals surface area contributed by atoms with Gasteiger partial charge in [-0.05, 0) is 12.1 Å². The van der Waals surface area contributed by atoms with Crippen molar-refractivity contribution in [2.75, 3.05) is 36.5 Å². The van der Waals surface area contributed by atoms with Crippen LogP contribution in [0.1, 0.15) is 5.82 Å². The number of anilines is 2. The topological polar surface area (TPSA) is 79.0 Å². The van der Waals surface area contributed by atoms with Crippen molar-refractivity contribution in [2.24, 2.45) is 0 Å². The van der Waals surface area contributed by atoms with E-state index in [-0.39, 0.29) is 0 Å². The van der Waals surface area contributed by atoms with Crippen molar-refractivity contribution in [3.8, 4) is 0 Å². The highest BCUT2D eigenvalue weighted by molar-refractivity contribution is 5.74. The molecule has 0 unspecified atom stereocenters. The maximum atomic E-state index is 5.37. The summed E-state index contributed by atoms with van der Waals surface area (Å²) in [4.78, 5) is 18.7. The molecule has 4 rings (SSSR count). The molecule has 3 heterocycles. The first-order valence-corrected chi connectivity index (χ1v) is 7.71. The molecule has 3 aromatic rings. The number of imidazole rings is 1. The number of para-hydroxylation sites is 2. The molecule has 0 spiro atoms. The van der Waals surface area contributed by atoms with Crippen molar-refractivity contribution >= 4 is 22.7 Å². The number of rotatable bonds is 4. The molecule has 0 amide bonds. The second-order valence-electron chi connectivity index (χ2n) is 5.42. The van der Waals surface area contributed by atoms with E-state index >= 15 is 0 Å². The Morgan fingerprint density at radius 1 is 1.17 bits per heavy atom. The van der Waals surface area contributed by atoms with Crippen LogP contribution in [0.3, 0.4) is 0 Å².